The molecule has 92 valence electrons. The van der Waals surface area contributed by atoms with Gasteiger partial charge in [-0.05, 0) is 31.4 Å². The van der Waals surface area contributed by atoms with E-state index in [1.165, 1.54) is 14.0 Å². The molecule has 0 fully saturated rings. The van der Waals surface area contributed by atoms with Gasteiger partial charge in [0, 0.05) is 0 Å². The van der Waals surface area contributed by atoms with Crippen molar-refractivity contribution < 1.29 is 19.4 Å². The van der Waals surface area contributed by atoms with Crippen molar-refractivity contribution in [3.05, 3.63) is 35.4 Å². The lowest BCUT2D eigenvalue weighted by Gasteiger charge is -2.22. The number of hydrogen-bond acceptors (Lipinski definition) is 3. The van der Waals surface area contributed by atoms with Gasteiger partial charge in [0.15, 0.2) is 5.41 Å². The van der Waals surface area contributed by atoms with Gasteiger partial charge in [-0.2, -0.15) is 0 Å². The Morgan fingerprint density at radius 3 is 2.41 bits per heavy atom. The van der Waals surface area contributed by atoms with Gasteiger partial charge in [0.1, 0.15) is 0 Å². The molecule has 1 rings (SSSR count). The van der Waals surface area contributed by atoms with Crippen LogP contribution in [0.25, 0.3) is 0 Å². The van der Waals surface area contributed by atoms with Crippen molar-refractivity contribution in [2.24, 2.45) is 5.41 Å². The maximum atomic E-state index is 11.6. The lowest BCUT2D eigenvalue weighted by molar-refractivity contribution is -0.165. The highest BCUT2D eigenvalue weighted by molar-refractivity contribution is 5.98. The molecule has 0 aliphatic heterocycles. The molecule has 1 aromatic carbocycles. The van der Waals surface area contributed by atoms with Gasteiger partial charge in [-0.1, -0.05) is 24.3 Å². The van der Waals surface area contributed by atoms with Crippen LogP contribution in [0.2, 0.25) is 0 Å². The average molecular weight is 236 g/mol. The van der Waals surface area contributed by atoms with E-state index in [1.54, 1.807) is 0 Å². The summed E-state index contributed by atoms with van der Waals surface area (Å²) in [6.07, 6.45) is 0.127. The van der Waals surface area contributed by atoms with E-state index in [0.717, 1.165) is 11.1 Å². The molecule has 0 bridgehead atoms. The van der Waals surface area contributed by atoms with Gasteiger partial charge in [0.25, 0.3) is 0 Å². The first-order chi connectivity index (χ1) is 7.91. The normalized spacial score (nSPS) is 13.8. The quantitative estimate of drug-likeness (QED) is 0.639. The number of benzene rings is 1. The Morgan fingerprint density at radius 1 is 1.35 bits per heavy atom. The Hall–Kier alpha value is -1.84. The lowest BCUT2D eigenvalue weighted by Crippen LogP contribution is -2.39. The van der Waals surface area contributed by atoms with E-state index in [9.17, 15) is 14.7 Å². The number of rotatable bonds is 4. The number of aliphatic carboxylic acids is 1. The minimum absolute atomic E-state index is 0.127. The minimum atomic E-state index is -1.54. The Kier molecular flexibility index (Phi) is 3.89. The summed E-state index contributed by atoms with van der Waals surface area (Å²) in [5.41, 5.74) is 0.257. The van der Waals surface area contributed by atoms with E-state index in [0.29, 0.717) is 0 Å². The number of hydrogen-bond donors (Lipinski definition) is 1. The largest absolute Gasteiger partial charge is 0.480 e. The number of ether oxygens (including phenoxy) is 1. The Labute approximate surface area is 100 Å². The highest BCUT2D eigenvalue weighted by atomic mass is 16.5. The molecule has 0 radical (unpaired) electrons. The second kappa shape index (κ2) is 4.99. The van der Waals surface area contributed by atoms with Crippen LogP contribution < -0.4 is 0 Å². The number of methoxy groups -OCH3 is 1. The van der Waals surface area contributed by atoms with Crippen molar-refractivity contribution in [1.82, 2.24) is 0 Å². The maximum absolute atomic E-state index is 11.6. The van der Waals surface area contributed by atoms with Crippen molar-refractivity contribution >= 4 is 11.9 Å². The first-order valence-electron chi connectivity index (χ1n) is 5.28. The van der Waals surface area contributed by atoms with Crippen molar-refractivity contribution in [2.75, 3.05) is 7.11 Å². The third kappa shape index (κ3) is 2.64. The summed E-state index contributed by atoms with van der Waals surface area (Å²) in [5.74, 6) is -1.90. The Bertz CT molecular complexity index is 439. The van der Waals surface area contributed by atoms with E-state index < -0.39 is 17.4 Å². The second-order valence-electron chi connectivity index (χ2n) is 4.23. The van der Waals surface area contributed by atoms with Gasteiger partial charge in [-0.15, -0.1) is 0 Å². The predicted octanol–water partition coefficient (Wildman–Crippen LogP) is 1.80. The summed E-state index contributed by atoms with van der Waals surface area (Å²) < 4.78 is 4.57. The monoisotopic (exact) mass is 236 g/mol. The van der Waals surface area contributed by atoms with Crippen molar-refractivity contribution in [3.63, 3.8) is 0 Å². The topological polar surface area (TPSA) is 63.6 Å². The van der Waals surface area contributed by atoms with Gasteiger partial charge in [0.05, 0.1) is 7.11 Å². The second-order valence-corrected chi connectivity index (χ2v) is 4.23. The zero-order chi connectivity index (χ0) is 13.1. The molecular formula is C13H16O4. The van der Waals surface area contributed by atoms with Gasteiger partial charge in [-0.25, -0.2) is 0 Å². The molecule has 1 atom stereocenters. The summed E-state index contributed by atoms with van der Waals surface area (Å²) in [4.78, 5) is 22.8. The molecule has 0 aromatic heterocycles. The molecule has 1 unspecified atom stereocenters. The fraction of sp³-hybridized carbons (Fsp3) is 0.385. The van der Waals surface area contributed by atoms with Gasteiger partial charge < -0.3 is 9.84 Å². The molecule has 1 N–H and O–H groups in total. The number of carbonyl (C=O) groups is 2. The van der Waals surface area contributed by atoms with Crippen LogP contribution in [0.15, 0.2) is 24.3 Å². The third-order valence-corrected chi connectivity index (χ3v) is 2.91. The fourth-order valence-corrected chi connectivity index (χ4v) is 1.65. The molecule has 0 spiro atoms. The smallest absolute Gasteiger partial charge is 0.323 e. The average Bonchev–Trinajstić information content (AvgIpc) is 2.30. The fourth-order valence-electron chi connectivity index (χ4n) is 1.65. The number of carboxylic acid groups (broad SMARTS) is 1. The SMILES string of the molecule is COC(=O)C(C)(Cc1ccccc1C)C(=O)O. The van der Waals surface area contributed by atoms with E-state index >= 15 is 0 Å². The summed E-state index contributed by atoms with van der Waals surface area (Å²) in [6.45, 7) is 3.27. The minimum Gasteiger partial charge on any atom is -0.480 e. The van der Waals surface area contributed by atoms with E-state index in [4.69, 9.17) is 0 Å². The molecule has 0 saturated carbocycles. The Balaban J connectivity index is 3.08. The molecule has 0 saturated heterocycles. The van der Waals surface area contributed by atoms with Gasteiger partial charge >= 0.3 is 11.9 Å². The maximum Gasteiger partial charge on any atom is 0.323 e. The predicted molar refractivity (Wildman–Crippen MR) is 62.6 cm³/mol. The number of carbonyl (C=O) groups excluding carboxylic acids is 1. The molecule has 0 aliphatic rings. The summed E-state index contributed by atoms with van der Waals surface area (Å²) in [6, 6.07) is 7.39. The molecule has 0 aliphatic carbocycles. The van der Waals surface area contributed by atoms with E-state index in [2.05, 4.69) is 4.74 Å². The third-order valence-electron chi connectivity index (χ3n) is 2.91. The van der Waals surface area contributed by atoms with E-state index in [1.807, 2.05) is 31.2 Å². The molecule has 1 aromatic rings. The van der Waals surface area contributed by atoms with Crippen LogP contribution in [-0.2, 0) is 20.7 Å². The lowest BCUT2D eigenvalue weighted by atomic mass is 9.82. The first-order valence-corrected chi connectivity index (χ1v) is 5.28. The zero-order valence-corrected chi connectivity index (χ0v) is 10.2. The molecule has 0 amide bonds. The summed E-state index contributed by atoms with van der Waals surface area (Å²) in [7, 11) is 1.20. The molecule has 4 heteroatoms. The summed E-state index contributed by atoms with van der Waals surface area (Å²) in [5, 5.41) is 9.19. The van der Waals surface area contributed by atoms with Crippen molar-refractivity contribution in [2.45, 2.75) is 20.3 Å². The van der Waals surface area contributed by atoms with Crippen LogP contribution in [0.1, 0.15) is 18.1 Å². The first kappa shape index (κ1) is 13.2. The number of esters is 1. The molecule has 17 heavy (non-hydrogen) atoms. The van der Waals surface area contributed by atoms with Crippen molar-refractivity contribution in [1.29, 1.82) is 0 Å². The molecular weight excluding hydrogens is 220 g/mol. The Morgan fingerprint density at radius 2 is 1.94 bits per heavy atom. The highest BCUT2D eigenvalue weighted by Crippen LogP contribution is 2.26. The standard InChI is InChI=1S/C13H16O4/c1-9-6-4-5-7-10(9)8-13(2,11(14)15)12(16)17-3/h4-7H,8H2,1-3H3,(H,14,15). The van der Waals surface area contributed by atoms with Crippen LogP contribution in [-0.4, -0.2) is 24.2 Å². The van der Waals surface area contributed by atoms with Gasteiger partial charge in [0.2, 0.25) is 0 Å². The molecule has 0 heterocycles. The van der Waals surface area contributed by atoms with Crippen molar-refractivity contribution in [3.8, 4) is 0 Å². The van der Waals surface area contributed by atoms with Crippen LogP contribution in [0.5, 0.6) is 0 Å². The van der Waals surface area contributed by atoms with Gasteiger partial charge in [-0.3, -0.25) is 9.59 Å². The van der Waals surface area contributed by atoms with Crippen LogP contribution in [0.3, 0.4) is 0 Å². The van der Waals surface area contributed by atoms with E-state index in [-0.39, 0.29) is 6.42 Å². The number of carboxylic acids is 1. The molecule has 4 nitrogen and oxygen atoms in total. The van der Waals surface area contributed by atoms with Crippen LogP contribution >= 0.6 is 0 Å². The highest BCUT2D eigenvalue weighted by Gasteiger charge is 2.42. The zero-order valence-electron chi connectivity index (χ0n) is 10.2. The number of aryl methyl sites for hydroxylation is 1. The van der Waals surface area contributed by atoms with Crippen LogP contribution in [0, 0.1) is 12.3 Å². The summed E-state index contributed by atoms with van der Waals surface area (Å²) >= 11 is 0. The van der Waals surface area contributed by atoms with Crippen LogP contribution in [0.4, 0.5) is 0 Å².